The van der Waals surface area contributed by atoms with Gasteiger partial charge in [0.05, 0.1) is 89.7 Å². The van der Waals surface area contributed by atoms with E-state index in [1.165, 1.54) is 70.6 Å². The number of esters is 2. The van der Waals surface area contributed by atoms with Crippen molar-refractivity contribution >= 4 is 38.1 Å². The minimum atomic E-state index is -4.16. The van der Waals surface area contributed by atoms with Crippen molar-refractivity contribution in [1.82, 2.24) is 4.90 Å². The van der Waals surface area contributed by atoms with Crippen molar-refractivity contribution in [2.45, 2.75) is 136 Å². The molecule has 14 nitrogen and oxygen atoms in total. The van der Waals surface area contributed by atoms with Gasteiger partial charge in [-0.2, -0.15) is 8.42 Å². The van der Waals surface area contributed by atoms with Gasteiger partial charge in [-0.15, -0.1) is 0 Å². The summed E-state index contributed by atoms with van der Waals surface area (Å²) in [4.78, 5) is 37.2. The Hall–Kier alpha value is -2.37. The van der Waals surface area contributed by atoms with Crippen LogP contribution in [0.3, 0.4) is 0 Å². The summed E-state index contributed by atoms with van der Waals surface area (Å²) in [7, 11) is 1.37. The van der Waals surface area contributed by atoms with Gasteiger partial charge in [0.2, 0.25) is 5.91 Å². The van der Waals surface area contributed by atoms with Gasteiger partial charge < -0.3 is 27.9 Å². The summed E-state index contributed by atoms with van der Waals surface area (Å²) in [6.45, 7) is 7.90. The molecular weight excluding hydrogens is 787 g/mol. The predicted octanol–water partition coefficient (Wildman–Crippen LogP) is 6.67. The Labute approximate surface area is 353 Å². The third-order valence-electron chi connectivity index (χ3n) is 9.70. The first kappa shape index (κ1) is 57.7. The molecule has 0 saturated carbocycles. The highest BCUT2D eigenvalue weighted by Crippen LogP contribution is 2.10. The van der Waals surface area contributed by atoms with Crippen LogP contribution in [0, 0.1) is 0 Å². The molecule has 0 saturated heterocycles. The van der Waals surface area contributed by atoms with Gasteiger partial charge in [-0.3, -0.25) is 18.9 Å². The SMILES string of the molecule is CCCCCCCCCC=CC=CC(=O)N(C)CC[N+](C)(C)CCCS(=O)(=O)[O-].CCCCCCCCCOC(=O)CCC(=O)OCC[N+](C)(C)CCCS(=O)(=O)O. The number of allylic oxidation sites excluding steroid dienone is 3. The monoisotopic (exact) mass is 869 g/mol. The normalized spacial score (nSPS) is 12.4. The van der Waals surface area contributed by atoms with Gasteiger partial charge in [0.15, 0.2) is 0 Å². The molecule has 0 aliphatic heterocycles. The number of rotatable bonds is 35. The number of carbonyl (C=O) groups excluding carboxylic acids is 3. The third kappa shape index (κ3) is 43.2. The van der Waals surface area contributed by atoms with Gasteiger partial charge in [0, 0.05) is 31.7 Å². The highest BCUT2D eigenvalue weighted by molar-refractivity contribution is 7.85. The summed E-state index contributed by atoms with van der Waals surface area (Å²) >= 11 is 0. The van der Waals surface area contributed by atoms with Gasteiger partial charge in [0.25, 0.3) is 10.1 Å². The lowest BCUT2D eigenvalue weighted by molar-refractivity contribution is -0.890. The molecule has 0 bridgehead atoms. The minimum Gasteiger partial charge on any atom is -0.748 e. The molecule has 0 aromatic heterocycles. The van der Waals surface area contributed by atoms with E-state index in [0.717, 1.165) is 25.7 Å². The first-order chi connectivity index (χ1) is 27.1. The van der Waals surface area contributed by atoms with Crippen LogP contribution >= 0.6 is 0 Å². The van der Waals surface area contributed by atoms with Crippen molar-refractivity contribution in [3.8, 4) is 0 Å². The van der Waals surface area contributed by atoms with Crippen LogP contribution in [0.4, 0.5) is 0 Å². The second-order valence-electron chi connectivity index (χ2n) is 16.5. The van der Waals surface area contributed by atoms with Crippen LogP contribution in [-0.2, 0) is 44.1 Å². The molecule has 16 heteroatoms. The average molecular weight is 869 g/mol. The molecule has 0 atom stereocenters. The summed E-state index contributed by atoms with van der Waals surface area (Å²) < 4.78 is 73.6. The van der Waals surface area contributed by atoms with Crippen molar-refractivity contribution in [2.75, 3.05) is 92.7 Å². The minimum absolute atomic E-state index is 0.00790. The number of likely N-dealkylation sites (N-methyl/N-ethyl adjacent to an activating group) is 3. The predicted molar refractivity (Wildman–Crippen MR) is 232 cm³/mol. The van der Waals surface area contributed by atoms with E-state index in [4.69, 9.17) is 14.0 Å². The van der Waals surface area contributed by atoms with Crippen LogP contribution in [0.15, 0.2) is 24.3 Å². The zero-order chi connectivity index (χ0) is 44.4. The molecule has 1 N–H and O–H groups in total. The van der Waals surface area contributed by atoms with E-state index in [9.17, 15) is 35.8 Å². The maximum absolute atomic E-state index is 12.1. The first-order valence-corrected chi connectivity index (χ1v) is 24.7. The number of ether oxygens (including phenoxy) is 2. The molecule has 58 heavy (non-hydrogen) atoms. The van der Waals surface area contributed by atoms with Crippen molar-refractivity contribution in [2.24, 2.45) is 0 Å². The maximum Gasteiger partial charge on any atom is 0.306 e. The molecule has 0 aromatic rings. The van der Waals surface area contributed by atoms with Crippen LogP contribution in [0.1, 0.15) is 136 Å². The first-order valence-electron chi connectivity index (χ1n) is 21.6. The molecule has 1 amide bonds. The van der Waals surface area contributed by atoms with Crippen LogP contribution in [-0.4, -0.2) is 150 Å². The Morgan fingerprint density at radius 1 is 0.621 bits per heavy atom. The Morgan fingerprint density at radius 3 is 1.60 bits per heavy atom. The van der Waals surface area contributed by atoms with Crippen LogP contribution in [0.2, 0.25) is 0 Å². The van der Waals surface area contributed by atoms with Gasteiger partial charge >= 0.3 is 11.9 Å². The summed E-state index contributed by atoms with van der Waals surface area (Å²) in [5, 5.41) is 0. The number of hydrogen-bond acceptors (Lipinski definition) is 10. The van der Waals surface area contributed by atoms with Gasteiger partial charge in [0.1, 0.15) is 13.2 Å². The lowest BCUT2D eigenvalue weighted by Gasteiger charge is -2.31. The van der Waals surface area contributed by atoms with E-state index in [1.807, 2.05) is 34.3 Å². The Kier molecular flexibility index (Phi) is 34.2. The average Bonchev–Trinajstić information content (AvgIpc) is 3.12. The second kappa shape index (κ2) is 34.4. The van der Waals surface area contributed by atoms with E-state index < -0.39 is 26.2 Å². The van der Waals surface area contributed by atoms with E-state index in [2.05, 4.69) is 19.9 Å². The number of carbonyl (C=O) groups is 3. The van der Waals surface area contributed by atoms with Gasteiger partial charge in [-0.05, 0) is 19.3 Å². The number of quaternary nitrogens is 2. The molecule has 342 valence electrons. The summed E-state index contributed by atoms with van der Waals surface area (Å²) in [5.41, 5.74) is 0. The number of hydrogen-bond donors (Lipinski definition) is 1. The standard InChI is InChI=1S/C22H42N2O4S.C20H39NO7S/c1-5-6-7-8-9-10-11-12-13-14-15-17-22(25)23(2)18-20-24(3,4)19-16-21-29(26,27)28;1-4-5-6-7-8-9-10-16-27-19(22)12-13-20(23)28-17-15-21(2,3)14-11-18-29(24,25)26/h13-15,17H,5-12,16,18-21H2,1-4H3;4-18H2,1-3H3/p+1. The van der Waals surface area contributed by atoms with Crippen molar-refractivity contribution < 1.29 is 58.8 Å². The zero-order valence-electron chi connectivity index (χ0n) is 37.3. The molecule has 0 fully saturated rings. The molecule has 0 radical (unpaired) electrons. The molecule has 0 unspecified atom stereocenters. The van der Waals surface area contributed by atoms with Gasteiger partial charge in [-0.25, -0.2) is 8.42 Å². The van der Waals surface area contributed by atoms with Crippen LogP contribution in [0.25, 0.3) is 0 Å². The molecule has 0 heterocycles. The lowest BCUT2D eigenvalue weighted by Crippen LogP contribution is -2.46. The molecule has 0 aliphatic carbocycles. The fourth-order valence-corrected chi connectivity index (χ4v) is 6.73. The largest absolute Gasteiger partial charge is 0.748 e. The summed E-state index contributed by atoms with van der Waals surface area (Å²) in [5.74, 6) is -1.50. The lowest BCUT2D eigenvalue weighted by atomic mass is 10.1. The van der Waals surface area contributed by atoms with Gasteiger partial charge in [-0.1, -0.05) is 109 Å². The van der Waals surface area contributed by atoms with Crippen molar-refractivity contribution in [1.29, 1.82) is 0 Å². The Balaban J connectivity index is 0. The van der Waals surface area contributed by atoms with E-state index in [0.29, 0.717) is 61.1 Å². The molecule has 0 spiro atoms. The smallest absolute Gasteiger partial charge is 0.306 e. The van der Waals surface area contributed by atoms with E-state index in [1.54, 1.807) is 24.1 Å². The fraction of sp³-hybridized carbons (Fsp3) is 0.833. The third-order valence-corrected chi connectivity index (χ3v) is 11.3. The topological polar surface area (TPSA) is 184 Å². The number of amides is 1. The molecular formula is C42H82N3O11S2+. The van der Waals surface area contributed by atoms with Crippen molar-refractivity contribution in [3.05, 3.63) is 24.3 Å². The molecule has 0 aliphatic rings. The summed E-state index contributed by atoms with van der Waals surface area (Å²) in [6.07, 6.45) is 26.3. The van der Waals surface area contributed by atoms with E-state index >= 15 is 0 Å². The highest BCUT2D eigenvalue weighted by atomic mass is 32.2. The molecule has 0 aromatic carbocycles. The zero-order valence-corrected chi connectivity index (χ0v) is 38.9. The Bertz CT molecular complexity index is 1370. The Morgan fingerprint density at radius 2 is 1.09 bits per heavy atom. The number of unbranched alkanes of at least 4 members (excludes halogenated alkanes) is 13. The summed E-state index contributed by atoms with van der Waals surface area (Å²) in [6, 6.07) is 0. The number of nitrogens with zero attached hydrogens (tertiary/aromatic N) is 3. The molecule has 0 rings (SSSR count). The second-order valence-corrected chi connectivity index (χ2v) is 19.6. The quantitative estimate of drug-likeness (QED) is 0.0179. The van der Waals surface area contributed by atoms with Crippen LogP contribution in [0.5, 0.6) is 0 Å². The highest BCUT2D eigenvalue weighted by Gasteiger charge is 2.19. The van der Waals surface area contributed by atoms with Crippen molar-refractivity contribution in [3.63, 3.8) is 0 Å². The van der Waals surface area contributed by atoms with E-state index in [-0.39, 0.29) is 42.8 Å². The maximum atomic E-state index is 12.1. The van der Waals surface area contributed by atoms with Crippen LogP contribution < -0.4 is 0 Å². The fourth-order valence-electron chi connectivity index (χ4n) is 5.76.